The van der Waals surface area contributed by atoms with Crippen LogP contribution >= 0.6 is 22.9 Å². The van der Waals surface area contributed by atoms with Crippen LogP contribution in [0.5, 0.6) is 5.75 Å². The Bertz CT molecular complexity index is 553. The molecule has 0 amide bonds. The van der Waals surface area contributed by atoms with Gasteiger partial charge in [0.1, 0.15) is 5.75 Å². The molecule has 0 aliphatic rings. The number of aryl methyl sites for hydroxylation is 1. The second kappa shape index (κ2) is 6.42. The maximum absolute atomic E-state index is 6.35. The summed E-state index contributed by atoms with van der Waals surface area (Å²) in [7, 11) is 0. The summed E-state index contributed by atoms with van der Waals surface area (Å²) in [4.78, 5) is 0.992. The number of rotatable bonds is 5. The minimum atomic E-state index is -0.237. The van der Waals surface area contributed by atoms with Gasteiger partial charge in [-0.1, -0.05) is 36.7 Å². The SMILES string of the molecule is CCCOc1ccccc1C(N)c1scc(C)c1Cl. The Hall–Kier alpha value is -1.03. The molecule has 0 spiro atoms. The van der Waals surface area contributed by atoms with E-state index in [0.29, 0.717) is 6.61 Å². The topological polar surface area (TPSA) is 35.2 Å². The third kappa shape index (κ3) is 3.11. The van der Waals surface area contributed by atoms with Gasteiger partial charge in [-0.15, -0.1) is 11.3 Å². The summed E-state index contributed by atoms with van der Waals surface area (Å²) in [6.45, 7) is 4.78. The van der Waals surface area contributed by atoms with Crippen molar-refractivity contribution in [3.8, 4) is 5.75 Å². The quantitative estimate of drug-likeness (QED) is 0.878. The van der Waals surface area contributed by atoms with Crippen molar-refractivity contribution in [1.82, 2.24) is 0 Å². The zero-order valence-electron chi connectivity index (χ0n) is 11.2. The average molecular weight is 296 g/mol. The van der Waals surface area contributed by atoms with Crippen LogP contribution in [-0.4, -0.2) is 6.61 Å². The number of hydrogen-bond donors (Lipinski definition) is 1. The largest absolute Gasteiger partial charge is 0.493 e. The Morgan fingerprint density at radius 2 is 2.11 bits per heavy atom. The lowest BCUT2D eigenvalue weighted by atomic mass is 10.0. The van der Waals surface area contributed by atoms with Gasteiger partial charge in [-0.3, -0.25) is 0 Å². The average Bonchev–Trinajstić information content (AvgIpc) is 2.76. The Kier molecular flexibility index (Phi) is 4.86. The molecule has 0 saturated heterocycles. The molecule has 19 heavy (non-hydrogen) atoms. The number of thiophene rings is 1. The van der Waals surface area contributed by atoms with Gasteiger partial charge in [0, 0.05) is 10.4 Å². The molecule has 0 bridgehead atoms. The van der Waals surface area contributed by atoms with Gasteiger partial charge in [-0.25, -0.2) is 0 Å². The van der Waals surface area contributed by atoms with E-state index in [-0.39, 0.29) is 6.04 Å². The zero-order chi connectivity index (χ0) is 13.8. The van der Waals surface area contributed by atoms with Crippen molar-refractivity contribution >= 4 is 22.9 Å². The van der Waals surface area contributed by atoms with Gasteiger partial charge in [0.2, 0.25) is 0 Å². The predicted molar refractivity (Wildman–Crippen MR) is 82.3 cm³/mol. The van der Waals surface area contributed by atoms with E-state index in [1.807, 2.05) is 36.6 Å². The fourth-order valence-corrected chi connectivity index (χ4v) is 3.21. The minimum Gasteiger partial charge on any atom is -0.493 e. The van der Waals surface area contributed by atoms with Crippen LogP contribution in [-0.2, 0) is 0 Å². The molecule has 0 aliphatic heterocycles. The van der Waals surface area contributed by atoms with Crippen LogP contribution in [0.25, 0.3) is 0 Å². The number of halogens is 1. The molecule has 4 heteroatoms. The highest BCUT2D eigenvalue weighted by Crippen LogP contribution is 2.37. The fraction of sp³-hybridized carbons (Fsp3) is 0.333. The van der Waals surface area contributed by atoms with Crippen molar-refractivity contribution < 1.29 is 4.74 Å². The third-order valence-electron chi connectivity index (χ3n) is 2.92. The monoisotopic (exact) mass is 295 g/mol. The molecule has 1 aromatic heterocycles. The third-order valence-corrected chi connectivity index (χ3v) is 4.72. The van der Waals surface area contributed by atoms with Gasteiger partial charge < -0.3 is 10.5 Å². The Morgan fingerprint density at radius 1 is 1.37 bits per heavy atom. The van der Waals surface area contributed by atoms with Gasteiger partial charge in [-0.2, -0.15) is 0 Å². The summed E-state index contributed by atoms with van der Waals surface area (Å²) >= 11 is 7.90. The van der Waals surface area contributed by atoms with E-state index in [1.54, 1.807) is 11.3 Å². The van der Waals surface area contributed by atoms with E-state index in [1.165, 1.54) is 0 Å². The second-order valence-electron chi connectivity index (χ2n) is 4.46. The highest BCUT2D eigenvalue weighted by Gasteiger charge is 2.19. The Morgan fingerprint density at radius 3 is 2.74 bits per heavy atom. The van der Waals surface area contributed by atoms with Gasteiger partial charge in [0.05, 0.1) is 17.7 Å². The molecule has 0 aliphatic carbocycles. The zero-order valence-corrected chi connectivity index (χ0v) is 12.7. The van der Waals surface area contributed by atoms with Crippen LogP contribution in [0.1, 0.15) is 35.4 Å². The van der Waals surface area contributed by atoms with E-state index < -0.39 is 0 Å². The van der Waals surface area contributed by atoms with Crippen molar-refractivity contribution in [3.63, 3.8) is 0 Å². The first-order chi connectivity index (χ1) is 9.15. The summed E-state index contributed by atoms with van der Waals surface area (Å²) in [6.07, 6.45) is 0.975. The summed E-state index contributed by atoms with van der Waals surface area (Å²) in [5, 5.41) is 2.80. The van der Waals surface area contributed by atoms with Crippen molar-refractivity contribution in [2.24, 2.45) is 5.73 Å². The van der Waals surface area contributed by atoms with Crippen LogP contribution < -0.4 is 10.5 Å². The molecular weight excluding hydrogens is 278 g/mol. The lowest BCUT2D eigenvalue weighted by Gasteiger charge is -2.16. The van der Waals surface area contributed by atoms with Gasteiger partial charge in [0.25, 0.3) is 0 Å². The molecule has 0 radical (unpaired) electrons. The predicted octanol–water partition coefficient (Wildman–Crippen LogP) is 4.55. The molecule has 2 rings (SSSR count). The molecule has 0 saturated carbocycles. The van der Waals surface area contributed by atoms with E-state index in [2.05, 4.69) is 6.92 Å². The first-order valence-electron chi connectivity index (χ1n) is 6.36. The van der Waals surface area contributed by atoms with Gasteiger partial charge >= 0.3 is 0 Å². The van der Waals surface area contributed by atoms with E-state index in [4.69, 9.17) is 22.1 Å². The van der Waals surface area contributed by atoms with Crippen LogP contribution in [0.15, 0.2) is 29.6 Å². The van der Waals surface area contributed by atoms with Gasteiger partial charge in [0.15, 0.2) is 0 Å². The lowest BCUT2D eigenvalue weighted by molar-refractivity contribution is 0.313. The molecule has 1 atom stereocenters. The summed E-state index contributed by atoms with van der Waals surface area (Å²) in [5.74, 6) is 0.846. The molecule has 2 N–H and O–H groups in total. The molecule has 1 unspecified atom stereocenters. The fourth-order valence-electron chi connectivity index (χ4n) is 1.88. The number of hydrogen-bond acceptors (Lipinski definition) is 3. The van der Waals surface area contributed by atoms with Crippen molar-refractivity contribution in [2.45, 2.75) is 26.3 Å². The first-order valence-corrected chi connectivity index (χ1v) is 7.61. The maximum atomic E-state index is 6.35. The molecule has 102 valence electrons. The molecule has 0 fully saturated rings. The number of ether oxygens (including phenoxy) is 1. The van der Waals surface area contributed by atoms with Crippen molar-refractivity contribution in [2.75, 3.05) is 6.61 Å². The van der Waals surface area contributed by atoms with Crippen LogP contribution in [0.2, 0.25) is 5.02 Å². The second-order valence-corrected chi connectivity index (χ2v) is 5.75. The highest BCUT2D eigenvalue weighted by atomic mass is 35.5. The minimum absolute atomic E-state index is 0.237. The Balaban J connectivity index is 2.33. The molecule has 2 aromatic rings. The number of para-hydroxylation sites is 1. The molecule has 1 heterocycles. The normalized spacial score (nSPS) is 12.4. The molecular formula is C15H18ClNOS. The maximum Gasteiger partial charge on any atom is 0.124 e. The molecule has 1 aromatic carbocycles. The number of benzene rings is 1. The summed E-state index contributed by atoms with van der Waals surface area (Å²) in [5.41, 5.74) is 8.41. The van der Waals surface area contributed by atoms with Gasteiger partial charge in [-0.05, 0) is 30.4 Å². The lowest BCUT2D eigenvalue weighted by Crippen LogP contribution is -2.13. The standard InChI is InChI=1S/C15H18ClNOS/c1-3-8-18-12-7-5-4-6-11(12)14(17)15-13(16)10(2)9-19-15/h4-7,9,14H,3,8,17H2,1-2H3. The summed E-state index contributed by atoms with van der Waals surface area (Å²) < 4.78 is 5.76. The highest BCUT2D eigenvalue weighted by molar-refractivity contribution is 7.10. The number of nitrogens with two attached hydrogens (primary N) is 1. The summed E-state index contributed by atoms with van der Waals surface area (Å²) in [6, 6.07) is 7.66. The Labute approximate surface area is 123 Å². The van der Waals surface area contributed by atoms with Crippen LogP contribution in [0.4, 0.5) is 0 Å². The molecule has 2 nitrogen and oxygen atoms in total. The van der Waals surface area contributed by atoms with E-state index in [9.17, 15) is 0 Å². The van der Waals surface area contributed by atoms with Crippen LogP contribution in [0, 0.1) is 6.92 Å². The first kappa shape index (κ1) is 14.4. The van der Waals surface area contributed by atoms with E-state index in [0.717, 1.165) is 33.2 Å². The smallest absolute Gasteiger partial charge is 0.124 e. The van der Waals surface area contributed by atoms with E-state index >= 15 is 0 Å². The van der Waals surface area contributed by atoms with Crippen LogP contribution in [0.3, 0.4) is 0 Å². The van der Waals surface area contributed by atoms with Crippen molar-refractivity contribution in [3.05, 3.63) is 50.7 Å². The van der Waals surface area contributed by atoms with Crippen molar-refractivity contribution in [1.29, 1.82) is 0 Å².